The number of carboxylic acids is 2. The molecule has 0 saturated carbocycles. The first-order valence-electron chi connectivity index (χ1n) is 6.98. The highest BCUT2D eigenvalue weighted by Crippen LogP contribution is 2.16. The fraction of sp³-hybridized carbons (Fsp3) is 0.615. The molecule has 0 rings (SSSR count). The van der Waals surface area contributed by atoms with Crippen LogP contribution >= 0.6 is 0 Å². The third kappa shape index (κ3) is 7.70. The van der Waals surface area contributed by atoms with Gasteiger partial charge in [0.25, 0.3) is 5.91 Å². The lowest BCUT2D eigenvalue weighted by atomic mass is 9.89. The Morgan fingerprint density at radius 2 is 1.70 bits per heavy atom. The van der Waals surface area contributed by atoms with Crippen LogP contribution in [0.3, 0.4) is 0 Å². The summed E-state index contributed by atoms with van der Waals surface area (Å²) >= 11 is 0. The number of aliphatic carboxylic acids is 2. The van der Waals surface area contributed by atoms with E-state index in [1.165, 1.54) is 6.08 Å². The molecule has 23 heavy (non-hydrogen) atoms. The monoisotopic (exact) mass is 332 g/mol. The first-order chi connectivity index (χ1) is 10.8. The smallest absolute Gasteiger partial charge is 0.324 e. The molecule has 0 spiro atoms. The molecule has 0 radical (unpaired) electrons. The summed E-state index contributed by atoms with van der Waals surface area (Å²) in [4.78, 5) is 32.9. The average Bonchev–Trinajstić information content (AvgIpc) is 2.44. The van der Waals surface area contributed by atoms with Gasteiger partial charge in [0.15, 0.2) is 5.60 Å². The number of primary amides is 1. The maximum Gasteiger partial charge on any atom is 0.324 e. The third-order valence-corrected chi connectivity index (χ3v) is 3.01. The molecule has 0 aliphatic carbocycles. The molecule has 0 aromatic heterocycles. The second kappa shape index (κ2) is 10.7. The van der Waals surface area contributed by atoms with E-state index in [1.807, 2.05) is 0 Å². The Kier molecular flexibility index (Phi) is 9.74. The SMILES string of the molecule is C=CCC(O)(C(N)=O)C(NCCNCCNCC(=O)O)C(=O)O. The lowest BCUT2D eigenvalue weighted by Gasteiger charge is -2.30. The van der Waals surface area contributed by atoms with Crippen LogP contribution in [-0.4, -0.2) is 77.5 Å². The van der Waals surface area contributed by atoms with Crippen LogP contribution in [0.15, 0.2) is 12.7 Å². The van der Waals surface area contributed by atoms with E-state index < -0.39 is 29.5 Å². The van der Waals surface area contributed by atoms with Crippen LogP contribution in [-0.2, 0) is 14.4 Å². The Labute approximate surface area is 133 Å². The van der Waals surface area contributed by atoms with Crippen LogP contribution in [0.25, 0.3) is 0 Å². The fourth-order valence-electron chi connectivity index (χ4n) is 1.84. The van der Waals surface area contributed by atoms with Crippen molar-refractivity contribution >= 4 is 17.8 Å². The zero-order valence-electron chi connectivity index (χ0n) is 12.7. The molecule has 0 saturated heterocycles. The highest BCUT2D eigenvalue weighted by atomic mass is 16.4. The Balaban J connectivity index is 4.25. The van der Waals surface area contributed by atoms with Gasteiger partial charge < -0.3 is 37.0 Å². The maximum absolute atomic E-state index is 11.4. The summed E-state index contributed by atoms with van der Waals surface area (Å²) in [5, 5.41) is 35.9. The minimum absolute atomic E-state index is 0.145. The van der Waals surface area contributed by atoms with Gasteiger partial charge >= 0.3 is 11.9 Å². The molecule has 132 valence electrons. The lowest BCUT2D eigenvalue weighted by molar-refractivity contribution is -0.155. The van der Waals surface area contributed by atoms with Crippen LogP contribution in [0.5, 0.6) is 0 Å². The number of rotatable bonds is 14. The number of carbonyl (C=O) groups is 3. The Hall–Kier alpha value is -2.01. The van der Waals surface area contributed by atoms with Gasteiger partial charge in [-0.15, -0.1) is 6.58 Å². The fourth-order valence-corrected chi connectivity index (χ4v) is 1.84. The summed E-state index contributed by atoms with van der Waals surface area (Å²) in [7, 11) is 0. The molecule has 0 fully saturated rings. The summed E-state index contributed by atoms with van der Waals surface area (Å²) < 4.78 is 0. The van der Waals surface area contributed by atoms with Gasteiger partial charge in [-0.1, -0.05) is 6.08 Å². The number of nitrogens with two attached hydrogens (primary N) is 1. The zero-order valence-corrected chi connectivity index (χ0v) is 12.7. The molecule has 0 bridgehead atoms. The van der Waals surface area contributed by atoms with Crippen molar-refractivity contribution in [2.24, 2.45) is 5.73 Å². The van der Waals surface area contributed by atoms with Crippen molar-refractivity contribution in [1.82, 2.24) is 16.0 Å². The zero-order chi connectivity index (χ0) is 17.9. The molecular weight excluding hydrogens is 308 g/mol. The van der Waals surface area contributed by atoms with Gasteiger partial charge in [-0.05, 0) is 0 Å². The number of nitrogens with one attached hydrogen (secondary N) is 3. The predicted molar refractivity (Wildman–Crippen MR) is 81.8 cm³/mol. The van der Waals surface area contributed by atoms with E-state index >= 15 is 0 Å². The highest BCUT2D eigenvalue weighted by molar-refractivity contribution is 5.91. The number of carboxylic acid groups (broad SMARTS) is 2. The summed E-state index contributed by atoms with van der Waals surface area (Å²) in [6, 6.07) is -1.56. The number of hydrogen-bond acceptors (Lipinski definition) is 7. The molecule has 0 heterocycles. The highest BCUT2D eigenvalue weighted by Gasteiger charge is 2.45. The minimum Gasteiger partial charge on any atom is -0.480 e. The molecule has 1 amide bonds. The van der Waals surface area contributed by atoms with E-state index in [-0.39, 0.29) is 19.5 Å². The van der Waals surface area contributed by atoms with E-state index in [0.29, 0.717) is 19.6 Å². The number of hydrogen-bond donors (Lipinski definition) is 7. The van der Waals surface area contributed by atoms with E-state index in [9.17, 15) is 19.5 Å². The largest absolute Gasteiger partial charge is 0.480 e. The Morgan fingerprint density at radius 3 is 2.17 bits per heavy atom. The number of amides is 1. The van der Waals surface area contributed by atoms with Crippen molar-refractivity contribution in [3.05, 3.63) is 12.7 Å². The summed E-state index contributed by atoms with van der Waals surface area (Å²) in [6.45, 7) is 4.63. The molecule has 0 aromatic rings. The summed E-state index contributed by atoms with van der Waals surface area (Å²) in [5.41, 5.74) is 2.83. The predicted octanol–water partition coefficient (Wildman–Crippen LogP) is -2.91. The molecule has 0 aliphatic heterocycles. The van der Waals surface area contributed by atoms with Gasteiger partial charge in [0.05, 0.1) is 6.54 Å². The van der Waals surface area contributed by atoms with Crippen molar-refractivity contribution in [3.8, 4) is 0 Å². The summed E-state index contributed by atoms with van der Waals surface area (Å²) in [5.74, 6) is -3.51. The molecule has 10 heteroatoms. The van der Waals surface area contributed by atoms with Crippen LogP contribution in [0.4, 0.5) is 0 Å². The van der Waals surface area contributed by atoms with E-state index in [2.05, 4.69) is 22.5 Å². The number of aliphatic hydroxyl groups is 1. The first kappa shape index (κ1) is 21.0. The van der Waals surface area contributed by atoms with Gasteiger partial charge in [0.2, 0.25) is 0 Å². The van der Waals surface area contributed by atoms with Crippen LogP contribution in [0, 0.1) is 0 Å². The van der Waals surface area contributed by atoms with Crippen LogP contribution in [0.1, 0.15) is 6.42 Å². The van der Waals surface area contributed by atoms with Gasteiger partial charge in [0.1, 0.15) is 6.04 Å². The topological polar surface area (TPSA) is 174 Å². The van der Waals surface area contributed by atoms with E-state index in [1.54, 1.807) is 0 Å². The Bertz CT molecular complexity index is 431. The molecular formula is C13H24N4O6. The van der Waals surface area contributed by atoms with Crippen molar-refractivity contribution in [2.75, 3.05) is 32.7 Å². The summed E-state index contributed by atoms with van der Waals surface area (Å²) in [6.07, 6.45) is 0.924. The van der Waals surface area contributed by atoms with E-state index in [4.69, 9.17) is 15.9 Å². The average molecular weight is 332 g/mol. The second-order valence-electron chi connectivity index (χ2n) is 4.83. The third-order valence-electron chi connectivity index (χ3n) is 3.01. The van der Waals surface area contributed by atoms with Crippen LogP contribution < -0.4 is 21.7 Å². The van der Waals surface area contributed by atoms with Gasteiger partial charge in [-0.25, -0.2) is 0 Å². The van der Waals surface area contributed by atoms with Crippen LogP contribution in [0.2, 0.25) is 0 Å². The maximum atomic E-state index is 11.4. The van der Waals surface area contributed by atoms with Crippen molar-refractivity contribution in [3.63, 3.8) is 0 Å². The standard InChI is InChI=1S/C13H24N4O6/c1-2-3-13(23,12(14)22)10(11(20)21)17-7-6-15-4-5-16-8-9(18)19/h2,10,15-17,23H,1,3-8H2,(H2,14,22)(H,18,19)(H,20,21). The lowest BCUT2D eigenvalue weighted by Crippen LogP contribution is -2.62. The van der Waals surface area contributed by atoms with Gasteiger partial charge in [-0.3, -0.25) is 14.4 Å². The quantitative estimate of drug-likeness (QED) is 0.130. The molecule has 10 nitrogen and oxygen atoms in total. The number of carbonyl (C=O) groups excluding carboxylic acids is 1. The molecule has 2 atom stereocenters. The molecule has 0 aliphatic rings. The van der Waals surface area contributed by atoms with E-state index in [0.717, 1.165) is 0 Å². The molecule has 0 aromatic carbocycles. The normalized spacial score (nSPS) is 14.7. The Morgan fingerprint density at radius 1 is 1.13 bits per heavy atom. The minimum atomic E-state index is -2.27. The van der Waals surface area contributed by atoms with Crippen molar-refractivity contribution in [1.29, 1.82) is 0 Å². The molecule has 8 N–H and O–H groups in total. The van der Waals surface area contributed by atoms with Crippen molar-refractivity contribution < 1.29 is 29.7 Å². The molecule has 2 unspecified atom stereocenters. The second-order valence-corrected chi connectivity index (χ2v) is 4.83. The van der Waals surface area contributed by atoms with Gasteiger partial charge in [0, 0.05) is 32.6 Å². The first-order valence-corrected chi connectivity index (χ1v) is 6.98. The van der Waals surface area contributed by atoms with Crippen molar-refractivity contribution in [2.45, 2.75) is 18.1 Å². The van der Waals surface area contributed by atoms with Gasteiger partial charge in [-0.2, -0.15) is 0 Å².